The first-order chi connectivity index (χ1) is 8.58. The molecule has 0 saturated carbocycles. The number of benzene rings is 1. The van der Waals surface area contributed by atoms with Crippen molar-refractivity contribution >= 4 is 17.5 Å². The van der Waals surface area contributed by atoms with Crippen molar-refractivity contribution in [1.82, 2.24) is 15.0 Å². The third-order valence-corrected chi connectivity index (χ3v) is 2.67. The quantitative estimate of drug-likeness (QED) is 0.923. The van der Waals surface area contributed by atoms with Crippen LogP contribution in [0.3, 0.4) is 0 Å². The molecule has 1 N–H and O–H groups in total. The van der Waals surface area contributed by atoms with E-state index in [4.69, 9.17) is 16.3 Å². The van der Waals surface area contributed by atoms with Crippen LogP contribution in [0, 0.1) is 13.8 Å². The molecule has 0 saturated heterocycles. The van der Waals surface area contributed by atoms with Gasteiger partial charge in [0.15, 0.2) is 0 Å². The highest BCUT2D eigenvalue weighted by Gasteiger charge is 2.06. The molecule has 1 aromatic carbocycles. The average Bonchev–Trinajstić information content (AvgIpc) is 2.33. The highest BCUT2D eigenvalue weighted by atomic mass is 35.5. The molecule has 0 unspecified atom stereocenters. The zero-order valence-corrected chi connectivity index (χ0v) is 11.1. The number of anilines is 1. The van der Waals surface area contributed by atoms with Crippen molar-refractivity contribution in [2.24, 2.45) is 0 Å². The van der Waals surface area contributed by atoms with Gasteiger partial charge in [0.2, 0.25) is 11.2 Å². The molecule has 2 aromatic rings. The zero-order chi connectivity index (χ0) is 13.1. The number of ether oxygens (including phenoxy) is 1. The lowest BCUT2D eigenvalue weighted by Gasteiger charge is -2.07. The summed E-state index contributed by atoms with van der Waals surface area (Å²) in [5.41, 5.74) is 2.34. The summed E-state index contributed by atoms with van der Waals surface area (Å²) in [5, 5.41) is 2.88. The molecule has 0 aliphatic heterocycles. The van der Waals surface area contributed by atoms with E-state index in [-0.39, 0.29) is 11.3 Å². The van der Waals surface area contributed by atoms with Crippen LogP contribution in [0.1, 0.15) is 11.1 Å². The van der Waals surface area contributed by atoms with Crippen molar-refractivity contribution in [2.45, 2.75) is 13.8 Å². The third kappa shape index (κ3) is 2.87. The van der Waals surface area contributed by atoms with E-state index in [0.29, 0.717) is 11.7 Å². The van der Waals surface area contributed by atoms with Gasteiger partial charge in [0.25, 0.3) is 0 Å². The second-order valence-electron chi connectivity index (χ2n) is 3.81. The van der Waals surface area contributed by atoms with Gasteiger partial charge in [0.05, 0.1) is 0 Å². The minimum absolute atomic E-state index is 0.0909. The van der Waals surface area contributed by atoms with Gasteiger partial charge in [-0.15, -0.1) is 0 Å². The van der Waals surface area contributed by atoms with Crippen LogP contribution in [0.2, 0.25) is 5.28 Å². The highest BCUT2D eigenvalue weighted by Crippen LogP contribution is 2.22. The number of nitrogens with one attached hydrogen (secondary N) is 1. The Bertz CT molecular complexity index is 574. The lowest BCUT2D eigenvalue weighted by Crippen LogP contribution is -2.01. The topological polar surface area (TPSA) is 59.9 Å². The standard InChI is InChI=1S/C12H13ClN4O/c1-7-4-5-9(6-8(7)2)18-12-16-10(13)15-11(14-3)17-12/h4-6H,1-3H3,(H,14,15,16,17). The van der Waals surface area contributed by atoms with E-state index in [1.165, 1.54) is 5.56 Å². The van der Waals surface area contributed by atoms with Crippen molar-refractivity contribution in [2.75, 3.05) is 12.4 Å². The maximum atomic E-state index is 5.77. The predicted octanol–water partition coefficient (Wildman–Crippen LogP) is 2.98. The Labute approximate surface area is 110 Å². The van der Waals surface area contributed by atoms with E-state index >= 15 is 0 Å². The lowest BCUT2D eigenvalue weighted by molar-refractivity contribution is 0.440. The Balaban J connectivity index is 2.27. The Morgan fingerprint density at radius 2 is 1.89 bits per heavy atom. The molecule has 2 rings (SSSR count). The van der Waals surface area contributed by atoms with Gasteiger partial charge >= 0.3 is 6.01 Å². The number of hydrogen-bond donors (Lipinski definition) is 1. The Morgan fingerprint density at radius 1 is 1.11 bits per heavy atom. The summed E-state index contributed by atoms with van der Waals surface area (Å²) in [5.74, 6) is 1.04. The number of rotatable bonds is 3. The fourth-order valence-corrected chi connectivity index (χ4v) is 1.52. The van der Waals surface area contributed by atoms with Crippen LogP contribution in [-0.2, 0) is 0 Å². The average molecular weight is 265 g/mol. The van der Waals surface area contributed by atoms with Gasteiger partial charge in [-0.1, -0.05) is 6.07 Å². The summed E-state index contributed by atoms with van der Waals surface area (Å²) in [6.45, 7) is 4.06. The van der Waals surface area contributed by atoms with E-state index in [1.807, 2.05) is 32.0 Å². The van der Waals surface area contributed by atoms with Crippen molar-refractivity contribution in [3.8, 4) is 11.8 Å². The number of halogens is 1. The molecule has 0 amide bonds. The molecule has 0 atom stereocenters. The second-order valence-corrected chi connectivity index (χ2v) is 4.15. The third-order valence-electron chi connectivity index (χ3n) is 2.50. The molecule has 5 nitrogen and oxygen atoms in total. The van der Waals surface area contributed by atoms with Crippen LogP contribution in [-0.4, -0.2) is 22.0 Å². The molecule has 6 heteroatoms. The number of aromatic nitrogens is 3. The van der Waals surface area contributed by atoms with Gasteiger partial charge in [0.1, 0.15) is 5.75 Å². The van der Waals surface area contributed by atoms with Gasteiger partial charge in [-0.2, -0.15) is 15.0 Å². The second kappa shape index (κ2) is 5.18. The van der Waals surface area contributed by atoms with Crippen molar-refractivity contribution in [3.05, 3.63) is 34.6 Å². The fraction of sp³-hybridized carbons (Fsp3) is 0.250. The van der Waals surface area contributed by atoms with Crippen LogP contribution in [0.4, 0.5) is 5.95 Å². The number of aryl methyl sites for hydroxylation is 2. The first-order valence-electron chi connectivity index (χ1n) is 5.43. The van der Waals surface area contributed by atoms with Crippen molar-refractivity contribution in [1.29, 1.82) is 0 Å². The summed E-state index contributed by atoms with van der Waals surface area (Å²) in [6, 6.07) is 5.93. The van der Waals surface area contributed by atoms with Crippen molar-refractivity contribution < 1.29 is 4.74 Å². The summed E-state index contributed by atoms with van der Waals surface area (Å²) < 4.78 is 5.55. The maximum absolute atomic E-state index is 5.77. The predicted molar refractivity (Wildman–Crippen MR) is 70.4 cm³/mol. The molecular weight excluding hydrogens is 252 g/mol. The van der Waals surface area contributed by atoms with E-state index in [1.54, 1.807) is 7.05 Å². The summed E-state index contributed by atoms with van der Waals surface area (Å²) >= 11 is 5.77. The van der Waals surface area contributed by atoms with Crippen LogP contribution >= 0.6 is 11.6 Å². The van der Waals surface area contributed by atoms with Gasteiger partial charge < -0.3 is 10.1 Å². The molecule has 0 aliphatic rings. The molecular formula is C12H13ClN4O. The molecule has 0 fully saturated rings. The number of nitrogens with zero attached hydrogens (tertiary/aromatic N) is 3. The van der Waals surface area contributed by atoms with Crippen LogP contribution in [0.15, 0.2) is 18.2 Å². The number of hydrogen-bond acceptors (Lipinski definition) is 5. The summed E-state index contributed by atoms with van der Waals surface area (Å²) in [6.07, 6.45) is 0. The Kier molecular flexibility index (Phi) is 3.62. The minimum Gasteiger partial charge on any atom is -0.424 e. The molecule has 0 bridgehead atoms. The molecule has 0 aliphatic carbocycles. The summed E-state index contributed by atoms with van der Waals surface area (Å²) in [7, 11) is 1.70. The highest BCUT2D eigenvalue weighted by molar-refractivity contribution is 6.28. The van der Waals surface area contributed by atoms with E-state index in [2.05, 4.69) is 20.3 Å². The molecule has 1 heterocycles. The van der Waals surface area contributed by atoms with Gasteiger partial charge in [0, 0.05) is 7.05 Å². The molecule has 1 aromatic heterocycles. The van der Waals surface area contributed by atoms with E-state index in [9.17, 15) is 0 Å². The van der Waals surface area contributed by atoms with Crippen LogP contribution in [0.5, 0.6) is 11.8 Å². The van der Waals surface area contributed by atoms with Gasteiger partial charge in [-0.05, 0) is 48.7 Å². The van der Waals surface area contributed by atoms with Crippen LogP contribution < -0.4 is 10.1 Å². The normalized spacial score (nSPS) is 10.2. The maximum Gasteiger partial charge on any atom is 0.328 e. The first-order valence-corrected chi connectivity index (χ1v) is 5.80. The molecule has 0 spiro atoms. The summed E-state index contributed by atoms with van der Waals surface area (Å²) in [4.78, 5) is 11.8. The Morgan fingerprint density at radius 3 is 2.56 bits per heavy atom. The smallest absolute Gasteiger partial charge is 0.328 e. The fourth-order valence-electron chi connectivity index (χ4n) is 1.37. The van der Waals surface area contributed by atoms with Crippen molar-refractivity contribution in [3.63, 3.8) is 0 Å². The Hall–Kier alpha value is -1.88. The molecule has 94 valence electrons. The minimum atomic E-state index is 0.0909. The van der Waals surface area contributed by atoms with E-state index < -0.39 is 0 Å². The van der Waals surface area contributed by atoms with Gasteiger partial charge in [-0.25, -0.2) is 0 Å². The van der Waals surface area contributed by atoms with Gasteiger partial charge in [-0.3, -0.25) is 0 Å². The SMILES string of the molecule is CNc1nc(Cl)nc(Oc2ccc(C)c(C)c2)n1. The first kappa shape index (κ1) is 12.6. The zero-order valence-electron chi connectivity index (χ0n) is 10.4. The lowest BCUT2D eigenvalue weighted by atomic mass is 10.1. The van der Waals surface area contributed by atoms with Crippen LogP contribution in [0.25, 0.3) is 0 Å². The largest absolute Gasteiger partial charge is 0.424 e. The van der Waals surface area contributed by atoms with E-state index in [0.717, 1.165) is 5.56 Å². The molecule has 18 heavy (non-hydrogen) atoms. The monoisotopic (exact) mass is 264 g/mol. The molecule has 0 radical (unpaired) electrons.